The van der Waals surface area contributed by atoms with Crippen LogP contribution in [0.1, 0.15) is 31.6 Å². The second-order valence-electron chi connectivity index (χ2n) is 4.21. The van der Waals surface area contributed by atoms with Crippen LogP contribution in [0.25, 0.3) is 0 Å². The molecule has 1 atom stereocenters. The number of aliphatic hydroxyl groups is 1. The van der Waals surface area contributed by atoms with Crippen molar-refractivity contribution in [1.29, 1.82) is 0 Å². The van der Waals surface area contributed by atoms with Crippen LogP contribution in [0.5, 0.6) is 0 Å². The van der Waals surface area contributed by atoms with Gasteiger partial charge in [-0.1, -0.05) is 6.92 Å². The van der Waals surface area contributed by atoms with Crippen LogP contribution in [0.15, 0.2) is 18.3 Å². The lowest BCUT2D eigenvalue weighted by atomic mass is 10.2. The average molecular weight is 251 g/mol. The standard InChI is InChI=1S/C13H21N3O2/c1-4-12(17)11-6-5-10(9-15-11)16(3)8-7-13(18)14-2/h5-6,9,12,17H,4,7-8H2,1-3H3,(H,14,18)/t12-/m1/s1. The minimum atomic E-state index is -0.504. The van der Waals surface area contributed by atoms with Crippen molar-refractivity contribution in [3.63, 3.8) is 0 Å². The number of rotatable bonds is 6. The van der Waals surface area contributed by atoms with Crippen LogP contribution in [-0.2, 0) is 4.79 Å². The van der Waals surface area contributed by atoms with Crippen molar-refractivity contribution < 1.29 is 9.90 Å². The van der Waals surface area contributed by atoms with E-state index in [1.54, 1.807) is 13.2 Å². The molecule has 0 fully saturated rings. The number of anilines is 1. The summed E-state index contributed by atoms with van der Waals surface area (Å²) in [5.74, 6) is 0.0211. The molecule has 1 amide bonds. The van der Waals surface area contributed by atoms with E-state index in [0.29, 0.717) is 25.1 Å². The quantitative estimate of drug-likeness (QED) is 0.794. The lowest BCUT2D eigenvalue weighted by Gasteiger charge is -2.19. The molecule has 1 aromatic heterocycles. The third-order valence-electron chi connectivity index (χ3n) is 2.89. The topological polar surface area (TPSA) is 65.5 Å². The first-order valence-corrected chi connectivity index (χ1v) is 6.14. The van der Waals surface area contributed by atoms with Crippen molar-refractivity contribution in [2.24, 2.45) is 0 Å². The van der Waals surface area contributed by atoms with E-state index >= 15 is 0 Å². The fourth-order valence-electron chi connectivity index (χ4n) is 1.55. The molecule has 18 heavy (non-hydrogen) atoms. The molecule has 0 bridgehead atoms. The first-order valence-electron chi connectivity index (χ1n) is 6.14. The van der Waals surface area contributed by atoms with Gasteiger partial charge in [0.25, 0.3) is 0 Å². The van der Waals surface area contributed by atoms with Crippen molar-refractivity contribution in [2.75, 3.05) is 25.5 Å². The predicted molar refractivity (Wildman–Crippen MR) is 71.4 cm³/mol. The zero-order valence-electron chi connectivity index (χ0n) is 11.2. The molecule has 2 N–H and O–H groups in total. The molecule has 0 aliphatic heterocycles. The zero-order valence-corrected chi connectivity index (χ0v) is 11.2. The molecule has 0 aliphatic carbocycles. The minimum absolute atomic E-state index is 0.0211. The molecule has 1 aromatic rings. The third kappa shape index (κ3) is 4.00. The Morgan fingerprint density at radius 2 is 2.28 bits per heavy atom. The number of hydrogen-bond donors (Lipinski definition) is 2. The molecular weight excluding hydrogens is 230 g/mol. The van der Waals surface area contributed by atoms with E-state index in [1.807, 2.05) is 31.0 Å². The van der Waals surface area contributed by atoms with E-state index in [1.165, 1.54) is 0 Å². The van der Waals surface area contributed by atoms with Crippen LogP contribution < -0.4 is 10.2 Å². The molecule has 0 saturated carbocycles. The SMILES string of the molecule is CC[C@@H](O)c1ccc(N(C)CCC(=O)NC)cn1. The number of hydrogen-bond acceptors (Lipinski definition) is 4. The molecule has 0 spiro atoms. The summed E-state index contributed by atoms with van der Waals surface area (Å²) in [7, 11) is 3.54. The van der Waals surface area contributed by atoms with Crippen LogP contribution in [0.4, 0.5) is 5.69 Å². The number of nitrogens with one attached hydrogen (secondary N) is 1. The maximum absolute atomic E-state index is 11.1. The second-order valence-corrected chi connectivity index (χ2v) is 4.21. The van der Waals surface area contributed by atoms with Gasteiger partial charge in [0.2, 0.25) is 5.91 Å². The number of carbonyl (C=O) groups excluding carboxylic acids is 1. The number of carbonyl (C=O) groups is 1. The van der Waals surface area contributed by atoms with E-state index in [-0.39, 0.29) is 5.91 Å². The second kappa shape index (κ2) is 6.96. The lowest BCUT2D eigenvalue weighted by Crippen LogP contribution is -2.26. The molecule has 5 nitrogen and oxygen atoms in total. The van der Waals surface area contributed by atoms with Crippen molar-refractivity contribution in [2.45, 2.75) is 25.9 Å². The molecule has 1 rings (SSSR count). The van der Waals surface area contributed by atoms with Crippen molar-refractivity contribution in [3.8, 4) is 0 Å². The van der Waals surface area contributed by atoms with Gasteiger partial charge in [-0.2, -0.15) is 0 Å². The lowest BCUT2D eigenvalue weighted by molar-refractivity contribution is -0.120. The highest BCUT2D eigenvalue weighted by Crippen LogP contribution is 2.17. The number of amides is 1. The van der Waals surface area contributed by atoms with E-state index in [4.69, 9.17) is 0 Å². The van der Waals surface area contributed by atoms with Crippen LogP contribution in [-0.4, -0.2) is 36.6 Å². The van der Waals surface area contributed by atoms with Gasteiger partial charge in [-0.3, -0.25) is 9.78 Å². The van der Waals surface area contributed by atoms with Gasteiger partial charge in [0, 0.05) is 27.1 Å². The van der Waals surface area contributed by atoms with E-state index < -0.39 is 6.10 Å². The Labute approximate surface area is 108 Å². The molecule has 1 heterocycles. The number of nitrogens with zero attached hydrogens (tertiary/aromatic N) is 2. The molecule has 0 unspecified atom stereocenters. The summed E-state index contributed by atoms with van der Waals surface area (Å²) in [6.07, 6.45) is 2.32. The summed E-state index contributed by atoms with van der Waals surface area (Å²) < 4.78 is 0. The first-order chi connectivity index (χ1) is 8.58. The van der Waals surface area contributed by atoms with Gasteiger partial charge in [0.1, 0.15) is 0 Å². The third-order valence-corrected chi connectivity index (χ3v) is 2.89. The van der Waals surface area contributed by atoms with Gasteiger partial charge in [-0.15, -0.1) is 0 Å². The van der Waals surface area contributed by atoms with Gasteiger partial charge < -0.3 is 15.3 Å². The number of aliphatic hydroxyl groups excluding tert-OH is 1. The normalized spacial score (nSPS) is 12.0. The maximum Gasteiger partial charge on any atom is 0.221 e. The zero-order chi connectivity index (χ0) is 13.5. The fourth-order valence-corrected chi connectivity index (χ4v) is 1.55. The highest BCUT2D eigenvalue weighted by Gasteiger charge is 2.08. The summed E-state index contributed by atoms with van der Waals surface area (Å²) in [6, 6.07) is 3.73. The fraction of sp³-hybridized carbons (Fsp3) is 0.538. The summed E-state index contributed by atoms with van der Waals surface area (Å²) in [6.45, 7) is 2.55. The average Bonchev–Trinajstić information content (AvgIpc) is 2.43. The van der Waals surface area contributed by atoms with Crippen LogP contribution in [0.3, 0.4) is 0 Å². The van der Waals surface area contributed by atoms with Crippen LogP contribution in [0.2, 0.25) is 0 Å². The Bertz CT molecular complexity index is 378. The highest BCUT2D eigenvalue weighted by molar-refractivity contribution is 5.76. The monoisotopic (exact) mass is 251 g/mol. The minimum Gasteiger partial charge on any atom is -0.387 e. The van der Waals surface area contributed by atoms with Crippen LogP contribution in [0, 0.1) is 0 Å². The molecular formula is C13H21N3O2. The Morgan fingerprint density at radius 1 is 1.56 bits per heavy atom. The van der Waals surface area contributed by atoms with E-state index in [0.717, 1.165) is 5.69 Å². The Kier molecular flexibility index (Phi) is 5.58. The molecule has 5 heteroatoms. The Hall–Kier alpha value is -1.62. The summed E-state index contributed by atoms with van der Waals surface area (Å²) in [5, 5.41) is 12.2. The van der Waals surface area contributed by atoms with Crippen LogP contribution >= 0.6 is 0 Å². The molecule has 0 aliphatic rings. The van der Waals surface area contributed by atoms with Crippen molar-refractivity contribution >= 4 is 11.6 Å². The molecule has 100 valence electrons. The highest BCUT2D eigenvalue weighted by atomic mass is 16.3. The van der Waals surface area contributed by atoms with Gasteiger partial charge >= 0.3 is 0 Å². The molecule has 0 radical (unpaired) electrons. The van der Waals surface area contributed by atoms with Gasteiger partial charge in [0.05, 0.1) is 23.7 Å². The van der Waals surface area contributed by atoms with E-state index in [9.17, 15) is 9.90 Å². The summed E-state index contributed by atoms with van der Waals surface area (Å²) >= 11 is 0. The van der Waals surface area contributed by atoms with Gasteiger partial charge in [-0.05, 0) is 18.6 Å². The summed E-state index contributed by atoms with van der Waals surface area (Å²) in [4.78, 5) is 17.3. The molecule has 0 saturated heterocycles. The van der Waals surface area contributed by atoms with E-state index in [2.05, 4.69) is 10.3 Å². The summed E-state index contributed by atoms with van der Waals surface area (Å²) in [5.41, 5.74) is 1.62. The number of aromatic nitrogens is 1. The number of pyridine rings is 1. The predicted octanol–water partition coefficient (Wildman–Crippen LogP) is 1.10. The Morgan fingerprint density at radius 3 is 2.78 bits per heavy atom. The smallest absolute Gasteiger partial charge is 0.221 e. The largest absolute Gasteiger partial charge is 0.387 e. The van der Waals surface area contributed by atoms with Gasteiger partial charge in [0.15, 0.2) is 0 Å². The Balaban J connectivity index is 2.58. The van der Waals surface area contributed by atoms with Crippen molar-refractivity contribution in [1.82, 2.24) is 10.3 Å². The first kappa shape index (κ1) is 14.4. The molecule has 0 aromatic carbocycles. The van der Waals surface area contributed by atoms with Gasteiger partial charge in [-0.25, -0.2) is 0 Å². The van der Waals surface area contributed by atoms with Crippen molar-refractivity contribution in [3.05, 3.63) is 24.0 Å². The maximum atomic E-state index is 11.1.